The van der Waals surface area contributed by atoms with E-state index in [-0.39, 0.29) is 25.8 Å². The van der Waals surface area contributed by atoms with E-state index in [0.29, 0.717) is 24.1 Å². The van der Waals surface area contributed by atoms with Gasteiger partial charge in [-0.1, -0.05) is 264 Å². The molecular weight excluding hydrogens is 806 g/mol. The molecule has 378 valence electrons. The molecule has 0 fully saturated rings. The van der Waals surface area contributed by atoms with Crippen LogP contribution in [0.15, 0.2) is 0 Å². The smallest absolute Gasteiger partial charge is 0.306 e. The van der Waals surface area contributed by atoms with Gasteiger partial charge in [0, 0.05) is 13.0 Å². The summed E-state index contributed by atoms with van der Waals surface area (Å²) in [6.45, 7) is 5.50. The second kappa shape index (κ2) is 48.0. The molecule has 0 saturated heterocycles. The van der Waals surface area contributed by atoms with E-state index in [4.69, 9.17) is 18.5 Å². The molecule has 0 heterocycles. The number of rotatable bonds is 53. The average molecular weight is 916 g/mol. The second-order valence-corrected chi connectivity index (χ2v) is 21.7. The molecule has 8 nitrogen and oxygen atoms in total. The highest BCUT2D eigenvalue weighted by Gasteiger charge is 2.20. The Bertz CT molecular complexity index is 976. The third-order valence-corrected chi connectivity index (χ3v) is 13.6. The van der Waals surface area contributed by atoms with Crippen LogP contribution < -0.4 is 4.89 Å². The van der Waals surface area contributed by atoms with Crippen molar-refractivity contribution in [1.82, 2.24) is 0 Å². The van der Waals surface area contributed by atoms with Gasteiger partial charge in [-0.15, -0.1) is 0 Å². The van der Waals surface area contributed by atoms with Gasteiger partial charge < -0.3 is 27.9 Å². The van der Waals surface area contributed by atoms with Gasteiger partial charge in [0.15, 0.2) is 0 Å². The average Bonchev–Trinajstić information content (AvgIpc) is 3.24. The molecule has 0 saturated carbocycles. The molecule has 0 aliphatic rings. The van der Waals surface area contributed by atoms with Crippen molar-refractivity contribution in [2.75, 3.05) is 54.1 Å². The maximum atomic E-state index is 12.8. The molecular formula is C54H110NO7P. The summed E-state index contributed by atoms with van der Waals surface area (Å²) < 4.78 is 34.8. The van der Waals surface area contributed by atoms with Crippen molar-refractivity contribution in [2.24, 2.45) is 0 Å². The van der Waals surface area contributed by atoms with E-state index in [2.05, 4.69) is 13.8 Å². The monoisotopic (exact) mass is 916 g/mol. The fraction of sp³-hybridized carbons (Fsp3) is 0.981. The minimum Gasteiger partial charge on any atom is -0.756 e. The molecule has 0 N–H and O–H groups in total. The number of likely N-dealkylation sites (N-methyl/N-ethyl adjacent to an activating group) is 1. The first-order valence-corrected chi connectivity index (χ1v) is 29.2. The largest absolute Gasteiger partial charge is 0.756 e. The van der Waals surface area contributed by atoms with Crippen LogP contribution in [0.3, 0.4) is 0 Å². The van der Waals surface area contributed by atoms with Crippen molar-refractivity contribution in [3.63, 3.8) is 0 Å². The zero-order valence-corrected chi connectivity index (χ0v) is 44.0. The zero-order chi connectivity index (χ0) is 46.2. The summed E-state index contributed by atoms with van der Waals surface area (Å²) in [6, 6.07) is 0. The Morgan fingerprint density at radius 2 is 0.730 bits per heavy atom. The first-order chi connectivity index (χ1) is 30.6. The van der Waals surface area contributed by atoms with Gasteiger partial charge in [-0.2, -0.15) is 0 Å². The number of esters is 1. The number of phosphoric ester groups is 1. The molecule has 2 atom stereocenters. The Morgan fingerprint density at radius 3 is 1.05 bits per heavy atom. The Balaban J connectivity index is 4.01. The van der Waals surface area contributed by atoms with Gasteiger partial charge >= 0.3 is 5.97 Å². The Morgan fingerprint density at radius 1 is 0.429 bits per heavy atom. The van der Waals surface area contributed by atoms with Crippen molar-refractivity contribution in [1.29, 1.82) is 0 Å². The number of hydrogen-bond acceptors (Lipinski definition) is 7. The number of unbranched alkanes of at least 4 members (excludes halogenated alkanes) is 39. The minimum atomic E-state index is -4.52. The summed E-state index contributed by atoms with van der Waals surface area (Å²) in [6.07, 6.45) is 54.2. The molecule has 0 rings (SSSR count). The summed E-state index contributed by atoms with van der Waals surface area (Å²) in [4.78, 5) is 25.2. The molecule has 0 aromatic rings. The quantitative estimate of drug-likeness (QED) is 0.0260. The van der Waals surface area contributed by atoms with Crippen LogP contribution in [0.4, 0.5) is 0 Å². The van der Waals surface area contributed by atoms with Gasteiger partial charge in [0.2, 0.25) is 0 Å². The molecule has 2 unspecified atom stereocenters. The number of carbonyl (C=O) groups is 1. The topological polar surface area (TPSA) is 94.1 Å². The van der Waals surface area contributed by atoms with E-state index >= 15 is 0 Å². The summed E-state index contributed by atoms with van der Waals surface area (Å²) in [5.74, 6) is -0.324. The molecule has 0 amide bonds. The molecule has 0 radical (unpaired) electrons. The van der Waals surface area contributed by atoms with E-state index in [9.17, 15) is 14.3 Å². The van der Waals surface area contributed by atoms with Gasteiger partial charge in [-0.25, -0.2) is 0 Å². The van der Waals surface area contributed by atoms with Gasteiger partial charge in [0.05, 0.1) is 34.4 Å². The predicted molar refractivity (Wildman–Crippen MR) is 268 cm³/mol. The third-order valence-electron chi connectivity index (χ3n) is 12.7. The first-order valence-electron chi connectivity index (χ1n) is 27.8. The minimum absolute atomic E-state index is 0.0318. The number of hydrogen-bond donors (Lipinski definition) is 0. The highest BCUT2D eigenvalue weighted by Crippen LogP contribution is 2.38. The lowest BCUT2D eigenvalue weighted by Gasteiger charge is -2.28. The third kappa shape index (κ3) is 52.3. The van der Waals surface area contributed by atoms with Crippen LogP contribution in [0.25, 0.3) is 0 Å². The highest BCUT2D eigenvalue weighted by molar-refractivity contribution is 7.45. The Kier molecular flexibility index (Phi) is 47.6. The van der Waals surface area contributed by atoms with Crippen molar-refractivity contribution < 1.29 is 37.3 Å². The van der Waals surface area contributed by atoms with Crippen LogP contribution in [0.5, 0.6) is 0 Å². The van der Waals surface area contributed by atoms with Crippen molar-refractivity contribution in [3.8, 4) is 0 Å². The van der Waals surface area contributed by atoms with Gasteiger partial charge in [0.1, 0.15) is 19.3 Å². The zero-order valence-electron chi connectivity index (χ0n) is 43.1. The molecule has 0 aliphatic carbocycles. The van der Waals surface area contributed by atoms with Crippen LogP contribution >= 0.6 is 7.82 Å². The SMILES string of the molecule is CCCCCCCCCCCCCCCCCCCCCCCCCCOCC(COP(=O)([O-])OCC[N+](C)(C)C)OC(=O)CCCCCCCCCCCCCCCCCCC. The van der Waals surface area contributed by atoms with E-state index in [1.54, 1.807) is 0 Å². The molecule has 0 aromatic carbocycles. The van der Waals surface area contributed by atoms with Crippen molar-refractivity contribution in [2.45, 2.75) is 290 Å². The van der Waals surface area contributed by atoms with E-state index < -0.39 is 13.9 Å². The van der Waals surface area contributed by atoms with Gasteiger partial charge in [-0.3, -0.25) is 9.36 Å². The summed E-state index contributed by atoms with van der Waals surface area (Å²) in [5, 5.41) is 0. The lowest BCUT2D eigenvalue weighted by atomic mass is 10.0. The van der Waals surface area contributed by atoms with Crippen molar-refractivity contribution >= 4 is 13.8 Å². The lowest BCUT2D eigenvalue weighted by Crippen LogP contribution is -2.37. The molecule has 63 heavy (non-hydrogen) atoms. The predicted octanol–water partition coefficient (Wildman–Crippen LogP) is 16.5. The summed E-state index contributed by atoms with van der Waals surface area (Å²) in [7, 11) is 1.38. The van der Waals surface area contributed by atoms with E-state index in [0.717, 1.165) is 32.1 Å². The number of ether oxygens (including phenoxy) is 2. The van der Waals surface area contributed by atoms with E-state index in [1.807, 2.05) is 21.1 Å². The second-order valence-electron chi connectivity index (χ2n) is 20.3. The molecule has 9 heteroatoms. The Hall–Kier alpha value is -0.500. The fourth-order valence-electron chi connectivity index (χ4n) is 8.37. The first kappa shape index (κ1) is 62.5. The maximum absolute atomic E-state index is 12.8. The molecule has 0 bridgehead atoms. The van der Waals surface area contributed by atoms with Gasteiger partial charge in [0.25, 0.3) is 7.82 Å². The van der Waals surface area contributed by atoms with Crippen LogP contribution in [0.2, 0.25) is 0 Å². The fourth-order valence-corrected chi connectivity index (χ4v) is 9.10. The van der Waals surface area contributed by atoms with Crippen LogP contribution in [-0.4, -0.2) is 70.7 Å². The number of carbonyl (C=O) groups excluding carboxylic acids is 1. The molecule has 0 aromatic heterocycles. The molecule has 0 aliphatic heterocycles. The number of nitrogens with zero attached hydrogens (tertiary/aromatic N) is 1. The maximum Gasteiger partial charge on any atom is 0.306 e. The lowest BCUT2D eigenvalue weighted by molar-refractivity contribution is -0.870. The van der Waals surface area contributed by atoms with Crippen LogP contribution in [-0.2, 0) is 27.9 Å². The summed E-state index contributed by atoms with van der Waals surface area (Å²) >= 11 is 0. The number of quaternary nitrogens is 1. The number of phosphoric acid groups is 1. The normalized spacial score (nSPS) is 13.4. The Labute approximate surface area is 393 Å². The highest BCUT2D eigenvalue weighted by atomic mass is 31.2. The summed E-state index contributed by atoms with van der Waals surface area (Å²) in [5.41, 5.74) is 0. The standard InChI is InChI=1S/C54H110NO7P/c1-6-8-10-12-14-16-18-20-22-24-25-26-27-28-29-30-32-34-36-38-40-42-44-46-49-59-51-53(52-61-63(57,58)60-50-48-55(3,4)5)62-54(56)47-45-43-41-39-37-35-33-31-23-21-19-17-15-13-11-9-7-2/h53H,6-52H2,1-5H3. The van der Waals surface area contributed by atoms with Crippen LogP contribution in [0, 0.1) is 0 Å². The van der Waals surface area contributed by atoms with Crippen LogP contribution in [0.1, 0.15) is 284 Å². The van der Waals surface area contributed by atoms with E-state index in [1.165, 1.54) is 231 Å². The van der Waals surface area contributed by atoms with Gasteiger partial charge in [-0.05, 0) is 12.8 Å². The molecule has 0 spiro atoms. The van der Waals surface area contributed by atoms with Crippen molar-refractivity contribution in [3.05, 3.63) is 0 Å².